The van der Waals surface area contributed by atoms with Gasteiger partial charge in [-0.2, -0.15) is 0 Å². The first kappa shape index (κ1) is 12.1. The number of rotatable bonds is 2. The van der Waals surface area contributed by atoms with Crippen LogP contribution in [-0.4, -0.2) is 21.2 Å². The Bertz CT molecular complexity index is 590. The average molecular weight is 235 g/mol. The van der Waals surface area contributed by atoms with Crippen molar-refractivity contribution in [1.82, 2.24) is 0 Å². The first-order valence-corrected chi connectivity index (χ1v) is 6.23. The van der Waals surface area contributed by atoms with Crippen LogP contribution in [0.4, 0.5) is 0 Å². The fourth-order valence-corrected chi connectivity index (χ4v) is 1.94. The minimum absolute atomic E-state index is 0.0224. The Balaban J connectivity index is 3.13. The quantitative estimate of drug-likeness (QED) is 0.338. The minimum Gasteiger partial charge on any atom is -0.224 e. The first-order valence-electron chi connectivity index (χ1n) is 4.34. The topological polar surface area (TPSA) is 82.9 Å². The van der Waals surface area contributed by atoms with Crippen LogP contribution in [0.5, 0.6) is 0 Å². The zero-order chi connectivity index (χ0) is 12.0. The lowest BCUT2D eigenvalue weighted by Crippen LogP contribution is -1.99. The van der Waals surface area contributed by atoms with E-state index in [2.05, 4.69) is 21.9 Å². The first-order chi connectivity index (χ1) is 7.55. The van der Waals surface area contributed by atoms with Crippen molar-refractivity contribution in [3.63, 3.8) is 0 Å². The third-order valence-electron chi connectivity index (χ3n) is 1.72. The lowest BCUT2D eigenvalue weighted by atomic mass is 10.2. The Hall–Kier alpha value is -1.96. The highest BCUT2D eigenvalue weighted by molar-refractivity contribution is 7.90. The highest BCUT2D eigenvalue weighted by Gasteiger charge is 2.10. The van der Waals surface area contributed by atoms with Crippen molar-refractivity contribution < 1.29 is 8.42 Å². The molecule has 0 saturated carbocycles. The molecular formula is C10H9N3O2S. The van der Waals surface area contributed by atoms with Crippen LogP contribution in [0.1, 0.15) is 5.56 Å². The number of hydrogen-bond acceptors (Lipinski definition) is 3. The lowest BCUT2D eigenvalue weighted by molar-refractivity contribution is 0.601. The van der Waals surface area contributed by atoms with Crippen LogP contribution < -0.4 is 0 Å². The molecule has 0 radical (unpaired) electrons. The van der Waals surface area contributed by atoms with Crippen molar-refractivity contribution in [2.24, 2.45) is 5.11 Å². The van der Waals surface area contributed by atoms with Crippen LogP contribution in [0.15, 0.2) is 34.3 Å². The van der Waals surface area contributed by atoms with Gasteiger partial charge in [-0.25, -0.2) is 8.42 Å². The smallest absolute Gasteiger partial charge is 0.176 e. The molecule has 0 aliphatic carbocycles. The SMILES string of the molecule is CS(=O)(=O)c1ccccc1C#CCN=[N+]=[N-]. The minimum atomic E-state index is -3.28. The molecule has 0 atom stereocenters. The fourth-order valence-electron chi connectivity index (χ4n) is 1.09. The molecule has 0 amide bonds. The lowest BCUT2D eigenvalue weighted by Gasteiger charge is -2.00. The molecule has 0 saturated heterocycles. The van der Waals surface area contributed by atoms with Crippen LogP contribution >= 0.6 is 0 Å². The standard InChI is InChI=1S/C10H9N3O2S/c1-16(14,15)10-7-3-2-5-9(10)6-4-8-12-13-11/h2-3,5,7H,8H2,1H3. The third-order valence-corrected chi connectivity index (χ3v) is 2.88. The Kier molecular flexibility index (Phi) is 3.95. The summed E-state index contributed by atoms with van der Waals surface area (Å²) in [5.41, 5.74) is 8.46. The van der Waals surface area contributed by atoms with E-state index < -0.39 is 9.84 Å². The molecular weight excluding hydrogens is 226 g/mol. The maximum Gasteiger partial charge on any atom is 0.176 e. The van der Waals surface area contributed by atoms with E-state index in [1.165, 1.54) is 6.07 Å². The van der Waals surface area contributed by atoms with E-state index in [-0.39, 0.29) is 11.4 Å². The van der Waals surface area contributed by atoms with Gasteiger partial charge in [-0.3, -0.25) is 0 Å². The highest BCUT2D eigenvalue weighted by atomic mass is 32.2. The van der Waals surface area contributed by atoms with Gasteiger partial charge in [-0.1, -0.05) is 29.1 Å². The van der Waals surface area contributed by atoms with E-state index in [0.29, 0.717) is 5.56 Å². The van der Waals surface area contributed by atoms with Crippen LogP contribution in [-0.2, 0) is 9.84 Å². The zero-order valence-electron chi connectivity index (χ0n) is 8.58. The molecule has 0 N–H and O–H groups in total. The highest BCUT2D eigenvalue weighted by Crippen LogP contribution is 2.13. The Morgan fingerprint density at radius 1 is 1.44 bits per heavy atom. The molecule has 0 aromatic heterocycles. The van der Waals surface area contributed by atoms with Crippen LogP contribution in [0.2, 0.25) is 0 Å². The van der Waals surface area contributed by atoms with Gasteiger partial charge in [-0.05, 0) is 17.7 Å². The van der Waals surface area contributed by atoms with Crippen molar-refractivity contribution in [2.45, 2.75) is 4.90 Å². The molecule has 0 bridgehead atoms. The number of hydrogen-bond donors (Lipinski definition) is 0. The average Bonchev–Trinajstić information content (AvgIpc) is 2.24. The number of azide groups is 1. The summed E-state index contributed by atoms with van der Waals surface area (Å²) < 4.78 is 22.8. The maximum atomic E-state index is 11.4. The van der Waals surface area contributed by atoms with Crippen molar-refractivity contribution in [2.75, 3.05) is 12.8 Å². The third kappa shape index (κ3) is 3.31. The van der Waals surface area contributed by atoms with Gasteiger partial charge in [0.05, 0.1) is 11.4 Å². The van der Waals surface area contributed by atoms with Crippen molar-refractivity contribution >= 4 is 9.84 Å². The summed E-state index contributed by atoms with van der Waals surface area (Å²) in [6.45, 7) is 0.0224. The summed E-state index contributed by atoms with van der Waals surface area (Å²) in [6.07, 6.45) is 1.13. The molecule has 16 heavy (non-hydrogen) atoms. The Labute approximate surface area is 93.6 Å². The van der Waals surface area contributed by atoms with Gasteiger partial charge >= 0.3 is 0 Å². The molecule has 0 heterocycles. The number of benzene rings is 1. The molecule has 0 aliphatic rings. The summed E-state index contributed by atoms with van der Waals surface area (Å²) in [5, 5.41) is 3.24. The van der Waals surface area contributed by atoms with Gasteiger partial charge in [0.2, 0.25) is 0 Å². The monoisotopic (exact) mass is 235 g/mol. The predicted octanol–water partition coefficient (Wildman–Crippen LogP) is 1.75. The molecule has 0 spiro atoms. The molecule has 5 nitrogen and oxygen atoms in total. The molecule has 82 valence electrons. The summed E-state index contributed by atoms with van der Waals surface area (Å²) in [7, 11) is -3.28. The fraction of sp³-hybridized carbons (Fsp3) is 0.200. The van der Waals surface area contributed by atoms with Gasteiger partial charge in [0.25, 0.3) is 0 Å². The molecule has 1 aromatic carbocycles. The Morgan fingerprint density at radius 2 is 2.12 bits per heavy atom. The predicted molar refractivity (Wildman–Crippen MR) is 60.4 cm³/mol. The maximum absolute atomic E-state index is 11.4. The van der Waals surface area contributed by atoms with Gasteiger partial charge in [0.15, 0.2) is 9.84 Å². The van der Waals surface area contributed by atoms with Crippen LogP contribution in [0.25, 0.3) is 10.4 Å². The molecule has 0 fully saturated rings. The summed E-state index contributed by atoms with van der Waals surface area (Å²) in [5.74, 6) is 5.24. The Morgan fingerprint density at radius 3 is 2.75 bits per heavy atom. The number of nitrogens with zero attached hydrogens (tertiary/aromatic N) is 3. The second kappa shape index (κ2) is 5.21. The second-order valence-electron chi connectivity index (χ2n) is 2.96. The second-order valence-corrected chi connectivity index (χ2v) is 4.94. The summed E-state index contributed by atoms with van der Waals surface area (Å²) in [6, 6.07) is 6.44. The zero-order valence-corrected chi connectivity index (χ0v) is 9.40. The number of sulfone groups is 1. The summed E-state index contributed by atoms with van der Waals surface area (Å²) >= 11 is 0. The van der Waals surface area contributed by atoms with Crippen molar-refractivity contribution in [3.05, 3.63) is 40.3 Å². The van der Waals surface area contributed by atoms with Gasteiger partial charge in [0.1, 0.15) is 0 Å². The molecule has 6 heteroatoms. The molecule has 1 rings (SSSR count). The van der Waals surface area contributed by atoms with Crippen LogP contribution in [0, 0.1) is 11.8 Å². The molecule has 0 unspecified atom stereocenters. The molecule has 0 aliphatic heterocycles. The van der Waals surface area contributed by atoms with Gasteiger partial charge < -0.3 is 0 Å². The van der Waals surface area contributed by atoms with Crippen molar-refractivity contribution in [3.8, 4) is 11.8 Å². The summed E-state index contributed by atoms with van der Waals surface area (Å²) in [4.78, 5) is 2.73. The van der Waals surface area contributed by atoms with E-state index in [1.807, 2.05) is 0 Å². The van der Waals surface area contributed by atoms with E-state index in [0.717, 1.165) is 6.26 Å². The van der Waals surface area contributed by atoms with Crippen LogP contribution in [0.3, 0.4) is 0 Å². The van der Waals surface area contributed by atoms with E-state index in [9.17, 15) is 8.42 Å². The molecule has 1 aromatic rings. The normalized spacial score (nSPS) is 9.81. The van der Waals surface area contributed by atoms with Gasteiger partial charge in [-0.15, -0.1) is 0 Å². The van der Waals surface area contributed by atoms with Crippen molar-refractivity contribution in [1.29, 1.82) is 0 Å². The van der Waals surface area contributed by atoms with E-state index in [4.69, 9.17) is 5.53 Å². The van der Waals surface area contributed by atoms with E-state index in [1.54, 1.807) is 18.2 Å². The van der Waals surface area contributed by atoms with E-state index >= 15 is 0 Å². The van der Waals surface area contributed by atoms with Gasteiger partial charge in [0, 0.05) is 16.7 Å². The largest absolute Gasteiger partial charge is 0.224 e.